The Morgan fingerprint density at radius 3 is 2.26 bits per heavy atom. The van der Waals surface area contributed by atoms with Gasteiger partial charge in [-0.15, -0.1) is 0 Å². The molecule has 142 valence electrons. The van der Waals surface area contributed by atoms with Crippen LogP contribution in [0.1, 0.15) is 26.4 Å². The number of halogens is 3. The van der Waals surface area contributed by atoms with E-state index in [0.29, 0.717) is 18.9 Å². The fourth-order valence-corrected chi connectivity index (χ4v) is 2.96. The lowest BCUT2D eigenvalue weighted by Gasteiger charge is -2.35. The van der Waals surface area contributed by atoms with Crippen molar-refractivity contribution in [2.75, 3.05) is 31.1 Å². The molecule has 9 heteroatoms. The summed E-state index contributed by atoms with van der Waals surface area (Å²) in [7, 11) is 0. The average Bonchev–Trinajstić information content (AvgIpc) is 2.67. The number of carbonyl (C=O) groups is 2. The number of hydrogen-bond acceptors (Lipinski definition) is 4. The molecule has 0 bridgehead atoms. The Morgan fingerprint density at radius 1 is 0.963 bits per heavy atom. The van der Waals surface area contributed by atoms with Crippen LogP contribution in [0.3, 0.4) is 0 Å². The molecule has 0 aliphatic carbocycles. The van der Waals surface area contributed by atoms with Crippen molar-refractivity contribution in [2.45, 2.75) is 6.18 Å². The number of piperazine rings is 1. The predicted octanol–water partition coefficient (Wildman–Crippen LogP) is 2.16. The first-order chi connectivity index (χ1) is 12.8. The van der Waals surface area contributed by atoms with Crippen LogP contribution >= 0.6 is 0 Å². The number of alkyl halides is 3. The van der Waals surface area contributed by atoms with Crippen LogP contribution in [0.15, 0.2) is 42.5 Å². The third-order valence-corrected chi connectivity index (χ3v) is 4.34. The van der Waals surface area contributed by atoms with Gasteiger partial charge in [0.25, 0.3) is 11.8 Å². The molecule has 2 amide bonds. The smallest absolute Gasteiger partial charge is 0.364 e. The van der Waals surface area contributed by atoms with E-state index in [2.05, 4.69) is 4.98 Å². The summed E-state index contributed by atoms with van der Waals surface area (Å²) in [6, 6.07) is 9.63. The van der Waals surface area contributed by atoms with E-state index in [9.17, 15) is 22.8 Å². The normalized spacial score (nSPS) is 14.9. The van der Waals surface area contributed by atoms with Crippen LogP contribution in [0.5, 0.6) is 0 Å². The Labute approximate surface area is 153 Å². The molecule has 0 atom stereocenters. The van der Waals surface area contributed by atoms with Gasteiger partial charge in [0.15, 0.2) is 0 Å². The molecule has 2 aromatic rings. The summed E-state index contributed by atoms with van der Waals surface area (Å²) in [5, 5.41) is 0. The SMILES string of the molecule is NC(=O)c1cccc(N2CCN(C(=O)c3ccccc3C(F)(F)F)CC2)n1. The second kappa shape index (κ2) is 7.26. The number of nitrogens with two attached hydrogens (primary N) is 1. The van der Waals surface area contributed by atoms with Crippen LogP contribution in [0.2, 0.25) is 0 Å². The van der Waals surface area contributed by atoms with Crippen molar-refractivity contribution in [3.8, 4) is 0 Å². The molecule has 0 unspecified atom stereocenters. The number of rotatable bonds is 3. The van der Waals surface area contributed by atoms with Crippen molar-refractivity contribution >= 4 is 17.6 Å². The molecule has 1 aromatic carbocycles. The van der Waals surface area contributed by atoms with Crippen molar-refractivity contribution in [3.05, 3.63) is 59.3 Å². The van der Waals surface area contributed by atoms with Crippen molar-refractivity contribution in [2.24, 2.45) is 5.73 Å². The Hall–Kier alpha value is -3.10. The third-order valence-electron chi connectivity index (χ3n) is 4.34. The first-order valence-corrected chi connectivity index (χ1v) is 8.24. The molecule has 6 nitrogen and oxygen atoms in total. The Bertz CT molecular complexity index is 862. The molecule has 2 N–H and O–H groups in total. The zero-order valence-electron chi connectivity index (χ0n) is 14.2. The highest BCUT2D eigenvalue weighted by molar-refractivity contribution is 5.96. The van der Waals surface area contributed by atoms with Crippen LogP contribution in [-0.2, 0) is 6.18 Å². The van der Waals surface area contributed by atoms with Crippen LogP contribution < -0.4 is 10.6 Å². The molecule has 0 spiro atoms. The summed E-state index contributed by atoms with van der Waals surface area (Å²) in [4.78, 5) is 31.2. The largest absolute Gasteiger partial charge is 0.417 e. The summed E-state index contributed by atoms with van der Waals surface area (Å²) in [5.74, 6) is -0.759. The van der Waals surface area contributed by atoms with E-state index < -0.39 is 23.6 Å². The average molecular weight is 378 g/mol. The molecule has 0 radical (unpaired) electrons. The maximum Gasteiger partial charge on any atom is 0.417 e. The lowest BCUT2D eigenvalue weighted by atomic mass is 10.1. The van der Waals surface area contributed by atoms with Crippen molar-refractivity contribution in [3.63, 3.8) is 0 Å². The van der Waals surface area contributed by atoms with Gasteiger partial charge < -0.3 is 15.5 Å². The molecule has 1 saturated heterocycles. The van der Waals surface area contributed by atoms with Crippen LogP contribution in [0.4, 0.5) is 19.0 Å². The Kier molecular flexibility index (Phi) is 5.02. The van der Waals surface area contributed by atoms with E-state index in [-0.39, 0.29) is 24.3 Å². The van der Waals surface area contributed by atoms with E-state index in [1.54, 1.807) is 12.1 Å². The second-order valence-electron chi connectivity index (χ2n) is 6.07. The van der Waals surface area contributed by atoms with Gasteiger partial charge in [-0.25, -0.2) is 4.98 Å². The summed E-state index contributed by atoms with van der Waals surface area (Å²) in [5.41, 5.74) is 4.06. The zero-order valence-corrected chi connectivity index (χ0v) is 14.2. The lowest BCUT2D eigenvalue weighted by Crippen LogP contribution is -2.49. The first-order valence-electron chi connectivity index (χ1n) is 8.24. The monoisotopic (exact) mass is 378 g/mol. The minimum atomic E-state index is -4.59. The van der Waals surface area contributed by atoms with Crippen molar-refractivity contribution in [1.82, 2.24) is 9.88 Å². The molecule has 1 aliphatic rings. The summed E-state index contributed by atoms with van der Waals surface area (Å²) in [6.45, 7) is 1.26. The van der Waals surface area contributed by atoms with E-state index in [0.717, 1.165) is 6.07 Å². The summed E-state index contributed by atoms with van der Waals surface area (Å²) >= 11 is 0. The predicted molar refractivity (Wildman–Crippen MR) is 92.3 cm³/mol. The van der Waals surface area contributed by atoms with Crippen LogP contribution in [0.25, 0.3) is 0 Å². The van der Waals surface area contributed by atoms with Gasteiger partial charge in [0.05, 0.1) is 11.1 Å². The first kappa shape index (κ1) is 18.7. The van der Waals surface area contributed by atoms with Gasteiger partial charge >= 0.3 is 6.18 Å². The number of pyridine rings is 1. The number of carbonyl (C=O) groups excluding carboxylic acids is 2. The van der Waals surface area contributed by atoms with Gasteiger partial charge in [-0.1, -0.05) is 18.2 Å². The number of nitrogens with zero attached hydrogens (tertiary/aromatic N) is 3. The minimum absolute atomic E-state index is 0.130. The summed E-state index contributed by atoms with van der Waals surface area (Å²) < 4.78 is 39.4. The number of hydrogen-bond donors (Lipinski definition) is 1. The molecule has 3 rings (SSSR count). The minimum Gasteiger partial charge on any atom is -0.364 e. The number of amides is 2. The number of primary amides is 1. The van der Waals surface area contributed by atoms with E-state index >= 15 is 0 Å². The maximum absolute atomic E-state index is 13.1. The third kappa shape index (κ3) is 4.02. The fourth-order valence-electron chi connectivity index (χ4n) is 2.96. The van der Waals surface area contributed by atoms with Crippen LogP contribution in [0, 0.1) is 0 Å². The second-order valence-corrected chi connectivity index (χ2v) is 6.07. The maximum atomic E-state index is 13.1. The number of benzene rings is 1. The topological polar surface area (TPSA) is 79.5 Å². The Balaban J connectivity index is 1.72. The van der Waals surface area contributed by atoms with Crippen molar-refractivity contribution in [1.29, 1.82) is 0 Å². The van der Waals surface area contributed by atoms with Crippen LogP contribution in [-0.4, -0.2) is 47.9 Å². The highest BCUT2D eigenvalue weighted by atomic mass is 19.4. The van der Waals surface area contributed by atoms with E-state index in [1.165, 1.54) is 29.2 Å². The quantitative estimate of drug-likeness (QED) is 0.888. The molecule has 1 aliphatic heterocycles. The standard InChI is InChI=1S/C18H17F3N4O2/c19-18(20,21)13-5-2-1-4-12(13)17(27)25-10-8-24(9-11-25)15-7-3-6-14(23-15)16(22)26/h1-7H,8-11H2,(H2,22,26). The Morgan fingerprint density at radius 2 is 1.63 bits per heavy atom. The van der Waals surface area contributed by atoms with Gasteiger partial charge in [-0.05, 0) is 24.3 Å². The molecule has 2 heterocycles. The molecular formula is C18H17F3N4O2. The number of anilines is 1. The zero-order chi connectivity index (χ0) is 19.6. The molecule has 1 fully saturated rings. The van der Waals surface area contributed by atoms with Gasteiger partial charge in [0, 0.05) is 26.2 Å². The van der Waals surface area contributed by atoms with E-state index in [1.807, 2.05) is 4.90 Å². The van der Waals surface area contributed by atoms with Gasteiger partial charge in [-0.2, -0.15) is 13.2 Å². The molecule has 0 saturated carbocycles. The van der Waals surface area contributed by atoms with Gasteiger partial charge in [-0.3, -0.25) is 9.59 Å². The molecule has 1 aromatic heterocycles. The van der Waals surface area contributed by atoms with E-state index in [4.69, 9.17) is 5.73 Å². The lowest BCUT2D eigenvalue weighted by molar-refractivity contribution is -0.138. The molecule has 27 heavy (non-hydrogen) atoms. The summed E-state index contributed by atoms with van der Waals surface area (Å²) in [6.07, 6.45) is -4.59. The van der Waals surface area contributed by atoms with Gasteiger partial charge in [0.1, 0.15) is 11.5 Å². The van der Waals surface area contributed by atoms with Crippen molar-refractivity contribution < 1.29 is 22.8 Å². The highest BCUT2D eigenvalue weighted by Crippen LogP contribution is 2.32. The van der Waals surface area contributed by atoms with Gasteiger partial charge in [0.2, 0.25) is 0 Å². The molecular weight excluding hydrogens is 361 g/mol. The highest BCUT2D eigenvalue weighted by Gasteiger charge is 2.36. The fraction of sp³-hybridized carbons (Fsp3) is 0.278. The number of aromatic nitrogens is 1.